The second-order valence-electron chi connectivity index (χ2n) is 9.66. The summed E-state index contributed by atoms with van der Waals surface area (Å²) in [6.45, 7) is -0.274. The third kappa shape index (κ3) is 6.66. The van der Waals surface area contributed by atoms with E-state index in [2.05, 4.69) is 42.3 Å². The maximum absolute atomic E-state index is 13.6. The molecule has 1 amide bonds. The monoisotopic (exact) mass is 700 g/mol. The van der Waals surface area contributed by atoms with Crippen molar-refractivity contribution in [2.24, 2.45) is 5.10 Å². The van der Waals surface area contributed by atoms with E-state index in [1.165, 1.54) is 18.2 Å². The molecule has 8 nitrogen and oxygen atoms in total. The molecule has 3 aromatic carbocycles. The summed E-state index contributed by atoms with van der Waals surface area (Å²) in [5.41, 5.74) is 1.62. The topological polar surface area (TPSA) is 94.8 Å². The summed E-state index contributed by atoms with van der Waals surface area (Å²) in [6, 6.07) is 16.3. The maximum atomic E-state index is 13.6. The van der Waals surface area contributed by atoms with Gasteiger partial charge in [0.05, 0.1) is 24.2 Å². The number of hydrogen-bond acceptors (Lipinski definition) is 6. The molecule has 11 heteroatoms. The van der Waals surface area contributed by atoms with Crippen LogP contribution in [0.3, 0.4) is 0 Å². The number of halogens is 3. The number of amides is 1. The van der Waals surface area contributed by atoms with Gasteiger partial charge in [-0.05, 0) is 65.2 Å². The molecule has 1 N–H and O–H groups in total. The van der Waals surface area contributed by atoms with E-state index >= 15 is 0 Å². The van der Waals surface area contributed by atoms with E-state index in [4.69, 9.17) is 26.1 Å². The number of carbonyl (C=O) groups is 1. The molecule has 1 fully saturated rings. The minimum atomic E-state index is -0.346. The molecule has 0 unspecified atom stereocenters. The third-order valence-electron chi connectivity index (χ3n) is 6.90. The Balaban J connectivity index is 1.47. The number of fused-ring (bicyclic) bond motifs is 1. The van der Waals surface area contributed by atoms with Crippen LogP contribution in [-0.4, -0.2) is 35.5 Å². The predicted octanol–water partition coefficient (Wildman–Crippen LogP) is 7.53. The van der Waals surface area contributed by atoms with Crippen LogP contribution in [0.5, 0.6) is 11.5 Å². The van der Waals surface area contributed by atoms with Crippen molar-refractivity contribution in [3.63, 3.8) is 0 Å². The molecule has 1 aromatic heterocycles. The maximum Gasteiger partial charge on any atom is 0.282 e. The largest absolute Gasteiger partial charge is 0.493 e. The number of anilines is 1. The van der Waals surface area contributed by atoms with Crippen molar-refractivity contribution < 1.29 is 14.3 Å². The lowest BCUT2D eigenvalue weighted by Crippen LogP contribution is -2.25. The van der Waals surface area contributed by atoms with Gasteiger partial charge < -0.3 is 14.8 Å². The summed E-state index contributed by atoms with van der Waals surface area (Å²) in [5.74, 6) is 0.966. The molecular weight excluding hydrogens is 676 g/mol. The number of carbonyl (C=O) groups excluding carboxylic acids is 1. The van der Waals surface area contributed by atoms with Gasteiger partial charge in [0.2, 0.25) is 0 Å². The van der Waals surface area contributed by atoms with Gasteiger partial charge in [-0.25, -0.2) is 4.98 Å². The van der Waals surface area contributed by atoms with Crippen molar-refractivity contribution in [2.75, 3.05) is 19.0 Å². The molecule has 0 saturated heterocycles. The van der Waals surface area contributed by atoms with E-state index in [9.17, 15) is 9.59 Å². The summed E-state index contributed by atoms with van der Waals surface area (Å²) in [5, 5.41) is 8.06. The summed E-state index contributed by atoms with van der Waals surface area (Å²) in [7, 11) is 1.48. The van der Waals surface area contributed by atoms with Crippen molar-refractivity contribution in [1.82, 2.24) is 9.66 Å². The first-order valence-corrected chi connectivity index (χ1v) is 15.1. The van der Waals surface area contributed by atoms with Gasteiger partial charge in [-0.1, -0.05) is 65.0 Å². The Bertz CT molecular complexity index is 1670. The molecular formula is C30H27Br2ClN4O4. The first-order chi connectivity index (χ1) is 19.9. The number of nitrogens with zero attached hydrogens (tertiary/aromatic N) is 3. The Morgan fingerprint density at radius 1 is 1.15 bits per heavy atom. The average molecular weight is 703 g/mol. The van der Waals surface area contributed by atoms with Crippen LogP contribution < -0.4 is 20.3 Å². The number of methoxy groups -OCH3 is 1. The molecule has 5 rings (SSSR count). The van der Waals surface area contributed by atoms with E-state index in [-0.39, 0.29) is 34.8 Å². The Labute approximate surface area is 259 Å². The van der Waals surface area contributed by atoms with Crippen LogP contribution in [0.25, 0.3) is 10.9 Å². The highest BCUT2D eigenvalue weighted by molar-refractivity contribution is 9.10. The zero-order valence-corrected chi connectivity index (χ0v) is 26.1. The molecule has 0 radical (unpaired) electrons. The second kappa shape index (κ2) is 13.2. The van der Waals surface area contributed by atoms with Gasteiger partial charge in [0, 0.05) is 26.1 Å². The SMILES string of the molecule is COc1cc(C=Nn2c(C3CCCCC3)nc3ccc(Br)cc3c2=O)c(Br)c(Cl)c1OCC(=O)Nc1ccccc1. The molecule has 1 heterocycles. The first kappa shape index (κ1) is 29.3. The lowest BCUT2D eigenvalue weighted by atomic mass is 9.88. The van der Waals surface area contributed by atoms with Crippen LogP contribution in [0.2, 0.25) is 5.02 Å². The molecule has 0 aliphatic heterocycles. The number of nitrogens with one attached hydrogen (secondary N) is 1. The van der Waals surface area contributed by atoms with Gasteiger partial charge >= 0.3 is 0 Å². The Kier molecular flexibility index (Phi) is 9.42. The van der Waals surface area contributed by atoms with Crippen molar-refractivity contribution >= 4 is 72.2 Å². The molecule has 4 aromatic rings. The lowest BCUT2D eigenvalue weighted by molar-refractivity contribution is -0.118. The smallest absolute Gasteiger partial charge is 0.282 e. The van der Waals surface area contributed by atoms with Crippen LogP contribution in [0.4, 0.5) is 5.69 Å². The van der Waals surface area contributed by atoms with Crippen LogP contribution in [0.15, 0.2) is 73.4 Å². The fourth-order valence-electron chi connectivity index (χ4n) is 4.86. The normalized spacial score (nSPS) is 14.0. The number of hydrogen-bond donors (Lipinski definition) is 1. The van der Waals surface area contributed by atoms with E-state index in [0.29, 0.717) is 38.2 Å². The summed E-state index contributed by atoms with van der Waals surface area (Å²) >= 11 is 13.6. The van der Waals surface area contributed by atoms with E-state index in [1.54, 1.807) is 30.5 Å². The highest BCUT2D eigenvalue weighted by Crippen LogP contribution is 2.42. The van der Waals surface area contributed by atoms with Crippen molar-refractivity contribution in [3.05, 3.63) is 90.3 Å². The van der Waals surface area contributed by atoms with Gasteiger partial charge in [0.25, 0.3) is 11.5 Å². The zero-order valence-electron chi connectivity index (χ0n) is 22.2. The molecule has 1 aliphatic rings. The van der Waals surface area contributed by atoms with Gasteiger partial charge in [-0.3, -0.25) is 9.59 Å². The lowest BCUT2D eigenvalue weighted by Gasteiger charge is -2.22. The molecule has 0 bridgehead atoms. The fraction of sp³-hybridized carbons (Fsp3) is 0.267. The van der Waals surface area contributed by atoms with Gasteiger partial charge in [-0.2, -0.15) is 9.78 Å². The highest BCUT2D eigenvalue weighted by atomic mass is 79.9. The number of aromatic nitrogens is 2. The minimum absolute atomic E-state index is 0.140. The molecule has 41 heavy (non-hydrogen) atoms. The molecule has 0 spiro atoms. The summed E-state index contributed by atoms with van der Waals surface area (Å²) < 4.78 is 13.9. The summed E-state index contributed by atoms with van der Waals surface area (Å²) in [6.07, 6.45) is 6.81. The average Bonchev–Trinajstić information content (AvgIpc) is 2.99. The van der Waals surface area contributed by atoms with E-state index in [1.807, 2.05) is 30.3 Å². The van der Waals surface area contributed by atoms with Gasteiger partial charge in [-0.15, -0.1) is 0 Å². The standard InChI is InChI=1S/C30H27Br2ClN4O4/c1-40-24-14-19(26(32)27(33)28(24)41-17-25(38)35-21-10-6-3-7-11-21)16-34-37-29(18-8-4-2-5-9-18)36-23-13-12-20(31)15-22(23)30(37)39/h3,6-7,10-16,18H,2,4-5,8-9,17H2,1H3,(H,35,38). The molecule has 0 atom stereocenters. The Hall–Kier alpha value is -3.21. The van der Waals surface area contributed by atoms with Gasteiger partial charge in [0.15, 0.2) is 18.1 Å². The van der Waals surface area contributed by atoms with Crippen molar-refractivity contribution in [2.45, 2.75) is 38.0 Å². The van der Waals surface area contributed by atoms with E-state index < -0.39 is 0 Å². The van der Waals surface area contributed by atoms with Crippen LogP contribution >= 0.6 is 43.5 Å². The Morgan fingerprint density at radius 3 is 2.63 bits per heavy atom. The number of ether oxygens (including phenoxy) is 2. The second-order valence-corrected chi connectivity index (χ2v) is 11.7. The van der Waals surface area contributed by atoms with Gasteiger partial charge in [0.1, 0.15) is 10.8 Å². The number of benzene rings is 3. The molecule has 212 valence electrons. The number of para-hydroxylation sites is 1. The summed E-state index contributed by atoms with van der Waals surface area (Å²) in [4.78, 5) is 30.9. The van der Waals surface area contributed by atoms with Crippen LogP contribution in [0, 0.1) is 0 Å². The molecule has 1 aliphatic carbocycles. The Morgan fingerprint density at radius 2 is 1.90 bits per heavy atom. The fourth-order valence-corrected chi connectivity index (χ4v) is 5.88. The zero-order chi connectivity index (χ0) is 28.9. The third-order valence-corrected chi connectivity index (χ3v) is 8.83. The predicted molar refractivity (Wildman–Crippen MR) is 169 cm³/mol. The van der Waals surface area contributed by atoms with E-state index in [0.717, 1.165) is 30.2 Å². The quantitative estimate of drug-likeness (QED) is 0.192. The molecule has 1 saturated carbocycles. The van der Waals surface area contributed by atoms with Crippen molar-refractivity contribution in [1.29, 1.82) is 0 Å². The van der Waals surface area contributed by atoms with Crippen LogP contribution in [-0.2, 0) is 4.79 Å². The number of rotatable bonds is 8. The van der Waals surface area contributed by atoms with Crippen molar-refractivity contribution in [3.8, 4) is 11.5 Å². The minimum Gasteiger partial charge on any atom is -0.493 e. The van der Waals surface area contributed by atoms with Crippen LogP contribution in [0.1, 0.15) is 49.4 Å². The highest BCUT2D eigenvalue weighted by Gasteiger charge is 2.23. The first-order valence-electron chi connectivity index (χ1n) is 13.2.